The van der Waals surface area contributed by atoms with Crippen LogP contribution in [0.5, 0.6) is 0 Å². The Bertz CT molecular complexity index is 868. The second kappa shape index (κ2) is 7.29. The molecule has 0 bridgehead atoms. The van der Waals surface area contributed by atoms with Gasteiger partial charge in [0.05, 0.1) is 21.3 Å². The molecule has 0 atom stereocenters. The molecule has 24 heavy (non-hydrogen) atoms. The molecule has 2 N–H and O–H groups in total. The molecule has 2 aromatic carbocycles. The van der Waals surface area contributed by atoms with Gasteiger partial charge in [0, 0.05) is 0 Å². The zero-order chi connectivity index (χ0) is 16.9. The fourth-order valence-corrected chi connectivity index (χ4v) is 2.40. The summed E-state index contributed by atoms with van der Waals surface area (Å²) in [4.78, 5) is 12.2. The summed E-state index contributed by atoms with van der Waals surface area (Å²) in [5.74, 6) is 0.491. The Morgan fingerprint density at radius 3 is 2.08 bits per heavy atom. The van der Waals surface area contributed by atoms with E-state index in [1.165, 1.54) is 0 Å². The van der Waals surface area contributed by atoms with Gasteiger partial charge in [0.1, 0.15) is 0 Å². The van der Waals surface area contributed by atoms with E-state index < -0.39 is 0 Å². The highest BCUT2D eigenvalue weighted by Crippen LogP contribution is 2.24. The number of nitrogens with one attached hydrogen (secondary N) is 2. The minimum atomic E-state index is -0.346. The van der Waals surface area contributed by atoms with Crippen LogP contribution in [0.2, 0.25) is 10.0 Å². The van der Waals surface area contributed by atoms with Crippen LogP contribution in [-0.4, -0.2) is 16.1 Å². The van der Waals surface area contributed by atoms with Gasteiger partial charge in [-0.15, -0.1) is 10.2 Å². The van der Waals surface area contributed by atoms with Crippen molar-refractivity contribution in [3.05, 3.63) is 76.3 Å². The van der Waals surface area contributed by atoms with Crippen LogP contribution in [-0.2, 0) is 0 Å². The molecule has 3 aromatic rings. The first-order valence-corrected chi connectivity index (χ1v) is 7.80. The third-order valence-corrected chi connectivity index (χ3v) is 3.82. The van der Waals surface area contributed by atoms with Crippen LogP contribution >= 0.6 is 23.2 Å². The number of carbonyl (C=O) groups excluding carboxylic acids is 1. The molecule has 0 spiro atoms. The summed E-state index contributed by atoms with van der Waals surface area (Å²) in [6, 6.07) is 17.4. The Balaban J connectivity index is 1.70. The van der Waals surface area contributed by atoms with E-state index in [2.05, 4.69) is 20.8 Å². The number of hydrogen-bond acceptors (Lipinski definition) is 4. The molecule has 0 fully saturated rings. The van der Waals surface area contributed by atoms with Crippen molar-refractivity contribution in [1.29, 1.82) is 0 Å². The quantitative estimate of drug-likeness (QED) is 0.704. The molecule has 0 unspecified atom stereocenters. The summed E-state index contributed by atoms with van der Waals surface area (Å²) in [5, 5.41) is 14.6. The molecule has 7 heteroatoms. The third kappa shape index (κ3) is 3.82. The summed E-state index contributed by atoms with van der Waals surface area (Å²) >= 11 is 12.1. The van der Waals surface area contributed by atoms with Crippen molar-refractivity contribution in [2.75, 3.05) is 10.6 Å². The van der Waals surface area contributed by atoms with Gasteiger partial charge in [-0.05, 0) is 36.4 Å². The molecule has 1 amide bonds. The van der Waals surface area contributed by atoms with Crippen molar-refractivity contribution in [3.8, 4) is 0 Å². The van der Waals surface area contributed by atoms with E-state index in [0.717, 1.165) is 5.69 Å². The Morgan fingerprint density at radius 2 is 1.42 bits per heavy atom. The van der Waals surface area contributed by atoms with Crippen molar-refractivity contribution in [1.82, 2.24) is 10.2 Å². The zero-order valence-corrected chi connectivity index (χ0v) is 13.8. The Kier molecular flexibility index (Phi) is 4.93. The van der Waals surface area contributed by atoms with Gasteiger partial charge < -0.3 is 10.6 Å². The Morgan fingerprint density at radius 1 is 0.792 bits per heavy atom. The van der Waals surface area contributed by atoms with E-state index in [1.54, 1.807) is 42.5 Å². The molecule has 0 radical (unpaired) electrons. The number of carbonyl (C=O) groups is 1. The van der Waals surface area contributed by atoms with E-state index in [-0.39, 0.29) is 5.91 Å². The van der Waals surface area contributed by atoms with Crippen molar-refractivity contribution >= 4 is 46.4 Å². The minimum Gasteiger partial charge on any atom is -0.338 e. The lowest BCUT2D eigenvalue weighted by Gasteiger charge is -2.08. The van der Waals surface area contributed by atoms with Crippen LogP contribution in [0.25, 0.3) is 0 Å². The molecular formula is C17H12Cl2N4O. The number of anilines is 3. The smallest absolute Gasteiger partial charge is 0.258 e. The predicted octanol–water partition coefficient (Wildman–Crippen LogP) is 4.78. The van der Waals surface area contributed by atoms with Gasteiger partial charge in [-0.3, -0.25) is 4.79 Å². The lowest BCUT2D eigenvalue weighted by molar-refractivity contribution is 0.102. The fraction of sp³-hybridized carbons (Fsp3) is 0. The van der Waals surface area contributed by atoms with Crippen molar-refractivity contribution in [3.63, 3.8) is 0 Å². The van der Waals surface area contributed by atoms with E-state index in [9.17, 15) is 4.79 Å². The summed E-state index contributed by atoms with van der Waals surface area (Å²) in [5.41, 5.74) is 1.10. The first kappa shape index (κ1) is 16.2. The van der Waals surface area contributed by atoms with Crippen molar-refractivity contribution in [2.45, 2.75) is 0 Å². The number of halogens is 2. The second-order valence-corrected chi connectivity index (χ2v) is 5.66. The van der Waals surface area contributed by atoms with Gasteiger partial charge in [-0.1, -0.05) is 47.5 Å². The third-order valence-electron chi connectivity index (χ3n) is 3.16. The lowest BCUT2D eigenvalue weighted by Crippen LogP contribution is -2.14. The molecule has 3 rings (SSSR count). The highest BCUT2D eigenvalue weighted by atomic mass is 35.5. The van der Waals surface area contributed by atoms with Gasteiger partial charge in [0.25, 0.3) is 5.91 Å². The lowest BCUT2D eigenvalue weighted by atomic mass is 10.2. The van der Waals surface area contributed by atoms with Crippen LogP contribution in [0.3, 0.4) is 0 Å². The van der Waals surface area contributed by atoms with E-state index in [0.29, 0.717) is 27.2 Å². The van der Waals surface area contributed by atoms with E-state index in [4.69, 9.17) is 23.2 Å². The molecule has 5 nitrogen and oxygen atoms in total. The van der Waals surface area contributed by atoms with Gasteiger partial charge in [0.2, 0.25) is 0 Å². The average molecular weight is 359 g/mol. The fourth-order valence-electron chi connectivity index (χ4n) is 2.00. The molecule has 0 saturated heterocycles. The number of para-hydroxylation sites is 1. The summed E-state index contributed by atoms with van der Waals surface area (Å²) in [6.07, 6.45) is 0. The molecule has 0 saturated carbocycles. The van der Waals surface area contributed by atoms with Crippen molar-refractivity contribution in [2.24, 2.45) is 0 Å². The number of rotatable bonds is 4. The summed E-state index contributed by atoms with van der Waals surface area (Å²) in [7, 11) is 0. The largest absolute Gasteiger partial charge is 0.338 e. The zero-order valence-electron chi connectivity index (χ0n) is 12.3. The van der Waals surface area contributed by atoms with Gasteiger partial charge in [-0.25, -0.2) is 0 Å². The standard InChI is InChI=1S/C17H12Cl2N4O/c18-12-6-2-1-5-11(12)17(24)21-16-10-9-15(22-23-16)20-14-8-4-3-7-13(14)19/h1-10H,(H,20,22)(H,21,23,24). The number of benzene rings is 2. The predicted molar refractivity (Wildman–Crippen MR) is 96.2 cm³/mol. The van der Waals surface area contributed by atoms with Crippen LogP contribution in [0.15, 0.2) is 60.7 Å². The number of amides is 1. The highest BCUT2D eigenvalue weighted by Gasteiger charge is 2.10. The molecule has 1 aromatic heterocycles. The summed E-state index contributed by atoms with van der Waals surface area (Å²) in [6.45, 7) is 0. The highest BCUT2D eigenvalue weighted by molar-refractivity contribution is 6.34. The average Bonchev–Trinajstić information content (AvgIpc) is 2.59. The molecule has 120 valence electrons. The van der Waals surface area contributed by atoms with Crippen LogP contribution in [0.1, 0.15) is 10.4 Å². The van der Waals surface area contributed by atoms with Crippen LogP contribution in [0.4, 0.5) is 17.3 Å². The molecular weight excluding hydrogens is 347 g/mol. The maximum atomic E-state index is 12.2. The monoisotopic (exact) mass is 358 g/mol. The first-order valence-electron chi connectivity index (χ1n) is 7.04. The maximum absolute atomic E-state index is 12.2. The topological polar surface area (TPSA) is 66.9 Å². The minimum absolute atomic E-state index is 0.324. The Labute approximate surface area is 148 Å². The van der Waals surface area contributed by atoms with Crippen molar-refractivity contribution < 1.29 is 4.79 Å². The Hall–Kier alpha value is -2.63. The number of nitrogens with zero attached hydrogens (tertiary/aromatic N) is 2. The maximum Gasteiger partial charge on any atom is 0.258 e. The van der Waals surface area contributed by atoms with Gasteiger partial charge in [-0.2, -0.15) is 0 Å². The first-order chi connectivity index (χ1) is 11.6. The number of aromatic nitrogens is 2. The van der Waals surface area contributed by atoms with Gasteiger partial charge in [0.15, 0.2) is 11.6 Å². The molecule has 0 aliphatic heterocycles. The SMILES string of the molecule is O=C(Nc1ccc(Nc2ccccc2Cl)nn1)c1ccccc1Cl. The molecule has 0 aliphatic rings. The normalized spacial score (nSPS) is 10.2. The van der Waals surface area contributed by atoms with Gasteiger partial charge >= 0.3 is 0 Å². The van der Waals surface area contributed by atoms with E-state index in [1.807, 2.05) is 18.2 Å². The number of hydrogen-bond donors (Lipinski definition) is 2. The summed E-state index contributed by atoms with van der Waals surface area (Å²) < 4.78 is 0. The van der Waals surface area contributed by atoms with Crippen LogP contribution < -0.4 is 10.6 Å². The second-order valence-electron chi connectivity index (χ2n) is 4.84. The van der Waals surface area contributed by atoms with E-state index >= 15 is 0 Å². The van der Waals surface area contributed by atoms with Crippen LogP contribution in [0, 0.1) is 0 Å². The molecule has 1 heterocycles. The molecule has 0 aliphatic carbocycles.